The average molecular weight is 442 g/mol. The number of esters is 2. The van der Waals surface area contributed by atoms with Crippen LogP contribution in [-0.4, -0.2) is 38.0 Å². The molecular formula is C23H23NO6S. The monoisotopic (exact) mass is 441 g/mol. The maximum Gasteiger partial charge on any atom is 0.348 e. The van der Waals surface area contributed by atoms with Crippen LogP contribution in [0.5, 0.6) is 5.75 Å². The topological polar surface area (TPSA) is 103 Å². The van der Waals surface area contributed by atoms with E-state index in [9.17, 15) is 19.6 Å². The number of hydrogen-bond acceptors (Lipinski definition) is 8. The number of methoxy groups -OCH3 is 1. The van der Waals surface area contributed by atoms with Gasteiger partial charge in [-0.15, -0.1) is 11.3 Å². The third-order valence-electron chi connectivity index (χ3n) is 4.33. The fourth-order valence-electron chi connectivity index (χ4n) is 2.84. The van der Waals surface area contributed by atoms with Gasteiger partial charge in [0.2, 0.25) is 0 Å². The predicted molar refractivity (Wildman–Crippen MR) is 116 cm³/mol. The van der Waals surface area contributed by atoms with Gasteiger partial charge in [-0.2, -0.15) is 5.26 Å². The summed E-state index contributed by atoms with van der Waals surface area (Å²) >= 11 is 1.01. The molecule has 0 radical (unpaired) electrons. The minimum Gasteiger partial charge on any atom is -0.497 e. The van der Waals surface area contributed by atoms with Gasteiger partial charge in [-0.3, -0.25) is 4.79 Å². The number of hydrogen-bond donors (Lipinski definition) is 0. The fraction of sp³-hybridized carbons (Fsp3) is 0.304. The first kappa shape index (κ1) is 23.8. The summed E-state index contributed by atoms with van der Waals surface area (Å²) in [6.07, 6.45) is 1.26. The normalized spacial score (nSPS) is 10.9. The second-order valence-corrected chi connectivity index (χ2v) is 7.44. The van der Waals surface area contributed by atoms with E-state index in [0.29, 0.717) is 21.8 Å². The van der Waals surface area contributed by atoms with E-state index in [1.54, 1.807) is 52.1 Å². The standard InChI is InChI=1S/C23H23NO6S/c1-5-29-22(26)20-14(3)21(23(27)30-6-2)31-19(20)12-18(25)16(13-24)11-15-7-9-17(28-4)10-8-15/h7-11H,5-6,12H2,1-4H3/b16-11+. The number of allylic oxidation sites excluding steroid dienone is 1. The summed E-state index contributed by atoms with van der Waals surface area (Å²) in [7, 11) is 1.55. The fourth-order valence-corrected chi connectivity index (χ4v) is 4.03. The number of thiophene rings is 1. The Bertz CT molecular complexity index is 1040. The summed E-state index contributed by atoms with van der Waals surface area (Å²) < 4.78 is 15.2. The first-order valence-corrected chi connectivity index (χ1v) is 10.4. The van der Waals surface area contributed by atoms with E-state index in [-0.39, 0.29) is 35.6 Å². The maximum absolute atomic E-state index is 12.8. The Hall–Kier alpha value is -3.44. The molecule has 0 bridgehead atoms. The molecule has 1 aromatic heterocycles. The molecule has 0 aliphatic heterocycles. The molecule has 31 heavy (non-hydrogen) atoms. The molecule has 2 rings (SSSR count). The highest BCUT2D eigenvalue weighted by molar-refractivity contribution is 7.14. The lowest BCUT2D eigenvalue weighted by Crippen LogP contribution is -2.12. The molecule has 8 heteroatoms. The molecule has 0 unspecified atom stereocenters. The Kier molecular flexibility index (Phi) is 8.53. The van der Waals surface area contributed by atoms with E-state index in [1.165, 1.54) is 6.08 Å². The van der Waals surface area contributed by atoms with E-state index in [0.717, 1.165) is 11.3 Å². The number of ether oxygens (including phenoxy) is 3. The number of nitrogens with zero attached hydrogens (tertiary/aromatic N) is 1. The quantitative estimate of drug-likeness (QED) is 0.327. The molecule has 162 valence electrons. The second-order valence-electron chi connectivity index (χ2n) is 6.34. The highest BCUT2D eigenvalue weighted by Gasteiger charge is 2.27. The molecule has 1 heterocycles. The minimum atomic E-state index is -0.618. The molecular weight excluding hydrogens is 418 g/mol. The van der Waals surface area contributed by atoms with Crippen LogP contribution in [0.3, 0.4) is 0 Å². The molecule has 0 saturated heterocycles. The summed E-state index contributed by atoms with van der Waals surface area (Å²) in [4.78, 5) is 38.2. The summed E-state index contributed by atoms with van der Waals surface area (Å²) in [5, 5.41) is 9.49. The Morgan fingerprint density at radius 3 is 2.23 bits per heavy atom. The van der Waals surface area contributed by atoms with E-state index in [4.69, 9.17) is 14.2 Å². The van der Waals surface area contributed by atoms with E-state index < -0.39 is 17.7 Å². The Morgan fingerprint density at radius 1 is 1.06 bits per heavy atom. The van der Waals surface area contributed by atoms with Crippen molar-refractivity contribution in [2.24, 2.45) is 0 Å². The third-order valence-corrected chi connectivity index (χ3v) is 5.60. The molecule has 0 N–H and O–H groups in total. The lowest BCUT2D eigenvalue weighted by atomic mass is 10.0. The summed E-state index contributed by atoms with van der Waals surface area (Å²) in [5.74, 6) is -1.00. The first-order valence-electron chi connectivity index (χ1n) is 9.61. The Labute approximate surface area is 184 Å². The van der Waals surface area contributed by atoms with E-state index >= 15 is 0 Å². The van der Waals surface area contributed by atoms with Crippen LogP contribution in [0.2, 0.25) is 0 Å². The van der Waals surface area contributed by atoms with Crippen molar-refractivity contribution in [3.8, 4) is 11.8 Å². The van der Waals surface area contributed by atoms with Gasteiger partial charge in [0, 0.05) is 11.3 Å². The second kappa shape index (κ2) is 11.1. The van der Waals surface area contributed by atoms with Gasteiger partial charge in [0.15, 0.2) is 5.78 Å². The summed E-state index contributed by atoms with van der Waals surface area (Å²) in [6.45, 7) is 5.30. The van der Waals surface area contributed by atoms with Crippen molar-refractivity contribution >= 4 is 35.1 Å². The van der Waals surface area contributed by atoms with Crippen LogP contribution in [0, 0.1) is 18.3 Å². The molecule has 0 amide bonds. The zero-order valence-corrected chi connectivity index (χ0v) is 18.6. The van der Waals surface area contributed by atoms with Crippen LogP contribution in [0.1, 0.15) is 49.9 Å². The molecule has 7 nitrogen and oxygen atoms in total. The number of nitriles is 1. The zero-order valence-electron chi connectivity index (χ0n) is 17.8. The summed E-state index contributed by atoms with van der Waals surface area (Å²) in [6, 6.07) is 8.80. The first-order chi connectivity index (χ1) is 14.9. The minimum absolute atomic E-state index is 0.0660. The van der Waals surface area contributed by atoms with Crippen molar-refractivity contribution in [3.63, 3.8) is 0 Å². The van der Waals surface area contributed by atoms with Gasteiger partial charge in [-0.25, -0.2) is 9.59 Å². The van der Waals surface area contributed by atoms with Crippen molar-refractivity contribution in [2.45, 2.75) is 27.2 Å². The molecule has 0 aliphatic carbocycles. The smallest absolute Gasteiger partial charge is 0.348 e. The van der Waals surface area contributed by atoms with Gasteiger partial charge in [0.1, 0.15) is 16.7 Å². The Balaban J connectivity index is 2.39. The lowest BCUT2D eigenvalue weighted by molar-refractivity contribution is -0.114. The molecule has 0 spiro atoms. The highest BCUT2D eigenvalue weighted by atomic mass is 32.1. The number of ketones is 1. The SMILES string of the molecule is CCOC(=O)c1sc(CC(=O)/C(C#N)=C/c2ccc(OC)cc2)c(C(=O)OCC)c1C. The van der Waals surface area contributed by atoms with Crippen molar-refractivity contribution < 1.29 is 28.6 Å². The molecule has 0 aliphatic rings. The van der Waals surface area contributed by atoms with Crippen molar-refractivity contribution in [2.75, 3.05) is 20.3 Å². The van der Waals surface area contributed by atoms with Crippen molar-refractivity contribution in [1.82, 2.24) is 0 Å². The number of carbonyl (C=O) groups is 3. The van der Waals surface area contributed by atoms with Crippen LogP contribution in [0.4, 0.5) is 0 Å². The number of carbonyl (C=O) groups excluding carboxylic acids is 3. The van der Waals surface area contributed by atoms with Crippen molar-refractivity contribution in [1.29, 1.82) is 5.26 Å². The average Bonchev–Trinajstić information content (AvgIpc) is 3.08. The maximum atomic E-state index is 12.8. The van der Waals surface area contributed by atoms with Gasteiger partial charge in [-0.1, -0.05) is 12.1 Å². The Morgan fingerprint density at radius 2 is 1.68 bits per heavy atom. The third kappa shape index (κ3) is 5.80. The molecule has 0 atom stereocenters. The van der Waals surface area contributed by atoms with Crippen LogP contribution < -0.4 is 4.74 Å². The molecule has 0 fully saturated rings. The van der Waals surface area contributed by atoms with Crippen LogP contribution in [-0.2, 0) is 20.7 Å². The van der Waals surface area contributed by atoms with Crippen LogP contribution >= 0.6 is 11.3 Å². The van der Waals surface area contributed by atoms with Crippen molar-refractivity contribution in [3.05, 3.63) is 56.3 Å². The largest absolute Gasteiger partial charge is 0.497 e. The van der Waals surface area contributed by atoms with Gasteiger partial charge in [0.05, 0.1) is 31.5 Å². The summed E-state index contributed by atoms with van der Waals surface area (Å²) in [5.41, 5.74) is 1.17. The highest BCUT2D eigenvalue weighted by Crippen LogP contribution is 2.31. The number of Topliss-reactive ketones (excluding diaryl/α,β-unsaturated/α-hetero) is 1. The number of benzene rings is 1. The molecule has 0 saturated carbocycles. The number of rotatable bonds is 9. The van der Waals surface area contributed by atoms with Gasteiger partial charge in [0.25, 0.3) is 0 Å². The van der Waals surface area contributed by atoms with Gasteiger partial charge >= 0.3 is 11.9 Å². The van der Waals surface area contributed by atoms with Crippen LogP contribution in [0.25, 0.3) is 6.08 Å². The van der Waals surface area contributed by atoms with E-state index in [1.807, 2.05) is 6.07 Å². The van der Waals surface area contributed by atoms with E-state index in [2.05, 4.69) is 0 Å². The molecule has 2 aromatic rings. The lowest BCUT2D eigenvalue weighted by Gasteiger charge is -2.05. The zero-order chi connectivity index (χ0) is 23.0. The van der Waals surface area contributed by atoms with Gasteiger partial charge in [-0.05, 0) is 50.1 Å². The predicted octanol–water partition coefficient (Wildman–Crippen LogP) is 4.14. The van der Waals surface area contributed by atoms with Gasteiger partial charge < -0.3 is 14.2 Å². The van der Waals surface area contributed by atoms with Crippen LogP contribution in [0.15, 0.2) is 29.8 Å². The molecule has 1 aromatic carbocycles.